The summed E-state index contributed by atoms with van der Waals surface area (Å²) in [7, 11) is 0. The lowest BCUT2D eigenvalue weighted by molar-refractivity contribution is 0.0210. The van der Waals surface area contributed by atoms with Crippen molar-refractivity contribution in [3.8, 4) is 0 Å². The maximum atomic E-state index is 6.09. The summed E-state index contributed by atoms with van der Waals surface area (Å²) in [6, 6.07) is 0. The second-order valence-electron chi connectivity index (χ2n) is 9.44. The molecule has 0 spiro atoms. The van der Waals surface area contributed by atoms with Crippen molar-refractivity contribution < 1.29 is 4.74 Å². The predicted octanol–water partition coefficient (Wildman–Crippen LogP) is 5.88. The van der Waals surface area contributed by atoms with Crippen molar-refractivity contribution in [1.29, 1.82) is 0 Å². The Morgan fingerprint density at radius 1 is 0.852 bits per heavy atom. The summed E-state index contributed by atoms with van der Waals surface area (Å²) in [6.45, 7) is 10.0. The molecule has 1 saturated carbocycles. The zero-order valence-electron chi connectivity index (χ0n) is 18.6. The van der Waals surface area contributed by atoms with E-state index in [1.165, 1.54) is 83.5 Å². The van der Waals surface area contributed by atoms with Crippen LogP contribution < -0.4 is 10.6 Å². The molecule has 3 nitrogen and oxygen atoms in total. The Morgan fingerprint density at radius 3 is 2.11 bits per heavy atom. The topological polar surface area (TPSA) is 33.3 Å². The molecule has 1 aliphatic heterocycles. The van der Waals surface area contributed by atoms with E-state index < -0.39 is 0 Å². The number of hydrogen-bond donors (Lipinski definition) is 2. The number of nitrogens with one attached hydrogen (secondary N) is 2. The molecule has 160 valence electrons. The molecular formula is C24H48N2O. The molecule has 2 N–H and O–H groups in total. The van der Waals surface area contributed by atoms with Crippen molar-refractivity contribution in [2.75, 3.05) is 19.7 Å². The van der Waals surface area contributed by atoms with Gasteiger partial charge in [-0.3, -0.25) is 10.6 Å². The zero-order chi connectivity index (χ0) is 19.3. The van der Waals surface area contributed by atoms with Gasteiger partial charge in [-0.25, -0.2) is 0 Å². The van der Waals surface area contributed by atoms with Crippen molar-refractivity contribution >= 4 is 0 Å². The van der Waals surface area contributed by atoms with Gasteiger partial charge in [-0.1, -0.05) is 78.6 Å². The first-order chi connectivity index (χ1) is 13.2. The van der Waals surface area contributed by atoms with Gasteiger partial charge in [0.15, 0.2) is 0 Å². The average Bonchev–Trinajstić information content (AvgIpc) is 2.71. The maximum Gasteiger partial charge on any atom is 0.0824 e. The summed E-state index contributed by atoms with van der Waals surface area (Å²) in [4.78, 5) is 0. The van der Waals surface area contributed by atoms with Crippen LogP contribution >= 0.6 is 0 Å². The van der Waals surface area contributed by atoms with E-state index in [4.69, 9.17) is 4.74 Å². The van der Waals surface area contributed by atoms with Gasteiger partial charge in [0.1, 0.15) is 0 Å². The fraction of sp³-hybridized carbons (Fsp3) is 1.00. The summed E-state index contributed by atoms with van der Waals surface area (Å²) in [5, 5.41) is 7.49. The van der Waals surface area contributed by atoms with Crippen LogP contribution in [0.2, 0.25) is 0 Å². The van der Waals surface area contributed by atoms with Gasteiger partial charge in [0, 0.05) is 19.7 Å². The van der Waals surface area contributed by atoms with Crippen molar-refractivity contribution in [2.45, 2.75) is 117 Å². The molecule has 2 fully saturated rings. The third kappa shape index (κ3) is 9.28. The highest BCUT2D eigenvalue weighted by Gasteiger charge is 2.30. The molecule has 0 bridgehead atoms. The first-order valence-corrected chi connectivity index (χ1v) is 12.3. The van der Waals surface area contributed by atoms with Gasteiger partial charge in [0.25, 0.3) is 0 Å². The summed E-state index contributed by atoms with van der Waals surface area (Å²) >= 11 is 0. The Hall–Kier alpha value is -0.120. The van der Waals surface area contributed by atoms with Gasteiger partial charge in [0.2, 0.25) is 0 Å². The largest absolute Gasteiger partial charge is 0.376 e. The number of rotatable bonds is 13. The molecule has 0 aromatic heterocycles. The average molecular weight is 381 g/mol. The maximum absolute atomic E-state index is 6.09. The summed E-state index contributed by atoms with van der Waals surface area (Å²) in [5.41, 5.74) is 0. The van der Waals surface area contributed by atoms with Crippen molar-refractivity contribution in [3.63, 3.8) is 0 Å². The van der Waals surface area contributed by atoms with Crippen LogP contribution in [0.15, 0.2) is 0 Å². The first-order valence-electron chi connectivity index (χ1n) is 12.3. The van der Waals surface area contributed by atoms with Crippen LogP contribution in [0, 0.1) is 17.8 Å². The van der Waals surface area contributed by atoms with Crippen LogP contribution in [-0.4, -0.2) is 32.0 Å². The summed E-state index contributed by atoms with van der Waals surface area (Å²) in [5.74, 6) is 2.71. The van der Waals surface area contributed by atoms with Crippen LogP contribution in [0.25, 0.3) is 0 Å². The van der Waals surface area contributed by atoms with E-state index >= 15 is 0 Å². The second-order valence-corrected chi connectivity index (χ2v) is 9.44. The molecule has 0 radical (unpaired) electrons. The van der Waals surface area contributed by atoms with Crippen molar-refractivity contribution in [1.82, 2.24) is 10.6 Å². The van der Waals surface area contributed by atoms with E-state index in [-0.39, 0.29) is 0 Å². The number of unbranched alkanes of at least 4 members (excludes halogenated alkanes) is 6. The highest BCUT2D eigenvalue weighted by atomic mass is 16.5. The molecular weight excluding hydrogens is 332 g/mol. The SMILES string of the molecule is CCCCCCCCCOC1CNC(C2CCC(CC(C)CC)CC2)NC1. The van der Waals surface area contributed by atoms with Crippen LogP contribution in [0.5, 0.6) is 0 Å². The molecule has 1 unspecified atom stereocenters. The van der Waals surface area contributed by atoms with Crippen molar-refractivity contribution in [3.05, 3.63) is 0 Å². The predicted molar refractivity (Wildman–Crippen MR) is 117 cm³/mol. The molecule has 2 rings (SSSR count). The summed E-state index contributed by atoms with van der Waals surface area (Å²) in [6.07, 6.45) is 18.8. The minimum atomic E-state index is 0.364. The van der Waals surface area contributed by atoms with E-state index in [0.29, 0.717) is 12.3 Å². The van der Waals surface area contributed by atoms with E-state index in [1.54, 1.807) is 0 Å². The van der Waals surface area contributed by atoms with E-state index in [1.807, 2.05) is 0 Å². The molecule has 1 saturated heterocycles. The monoisotopic (exact) mass is 380 g/mol. The van der Waals surface area contributed by atoms with Crippen LogP contribution in [0.4, 0.5) is 0 Å². The van der Waals surface area contributed by atoms with Gasteiger partial charge in [-0.2, -0.15) is 0 Å². The zero-order valence-corrected chi connectivity index (χ0v) is 18.6. The van der Waals surface area contributed by atoms with Gasteiger partial charge in [-0.05, 0) is 43.4 Å². The van der Waals surface area contributed by atoms with E-state index in [0.717, 1.165) is 37.5 Å². The Labute approximate surface area is 169 Å². The Kier molecular flexibility index (Phi) is 12.0. The Balaban J connectivity index is 1.48. The molecule has 27 heavy (non-hydrogen) atoms. The lowest BCUT2D eigenvalue weighted by atomic mass is 9.76. The molecule has 0 aromatic rings. The number of ether oxygens (including phenoxy) is 1. The quantitative estimate of drug-likeness (QED) is 0.391. The van der Waals surface area contributed by atoms with E-state index in [2.05, 4.69) is 31.4 Å². The van der Waals surface area contributed by atoms with Gasteiger partial charge in [0.05, 0.1) is 12.3 Å². The molecule has 0 amide bonds. The van der Waals surface area contributed by atoms with Gasteiger partial charge in [-0.15, -0.1) is 0 Å². The molecule has 2 aliphatic rings. The molecule has 1 atom stereocenters. The lowest BCUT2D eigenvalue weighted by Crippen LogP contribution is -2.59. The molecule has 1 heterocycles. The van der Waals surface area contributed by atoms with Crippen LogP contribution in [0.1, 0.15) is 104 Å². The van der Waals surface area contributed by atoms with Crippen molar-refractivity contribution in [2.24, 2.45) is 17.8 Å². The smallest absolute Gasteiger partial charge is 0.0824 e. The highest BCUT2D eigenvalue weighted by Crippen LogP contribution is 2.34. The van der Waals surface area contributed by atoms with E-state index in [9.17, 15) is 0 Å². The fourth-order valence-corrected chi connectivity index (χ4v) is 4.91. The fourth-order valence-electron chi connectivity index (χ4n) is 4.91. The molecule has 0 aromatic carbocycles. The minimum absolute atomic E-state index is 0.364. The minimum Gasteiger partial charge on any atom is -0.376 e. The second kappa shape index (κ2) is 14.0. The normalized spacial score (nSPS) is 30.3. The van der Waals surface area contributed by atoms with Gasteiger partial charge >= 0.3 is 0 Å². The third-order valence-corrected chi connectivity index (χ3v) is 7.03. The van der Waals surface area contributed by atoms with Crippen LogP contribution in [0.3, 0.4) is 0 Å². The third-order valence-electron chi connectivity index (χ3n) is 7.03. The first kappa shape index (κ1) is 23.2. The van der Waals surface area contributed by atoms with Gasteiger partial charge < -0.3 is 4.74 Å². The standard InChI is InChI=1S/C24H48N2O/c1-4-6-7-8-9-10-11-16-27-23-18-25-24(26-19-23)22-14-12-21(13-15-22)17-20(3)5-2/h20-26H,4-19H2,1-3H3. The number of hydrogen-bond acceptors (Lipinski definition) is 3. The Morgan fingerprint density at radius 2 is 1.48 bits per heavy atom. The summed E-state index contributed by atoms with van der Waals surface area (Å²) < 4.78 is 6.09. The molecule has 3 heteroatoms. The Bertz CT molecular complexity index is 346. The lowest BCUT2D eigenvalue weighted by Gasteiger charge is -2.39. The highest BCUT2D eigenvalue weighted by molar-refractivity contribution is 4.86. The molecule has 1 aliphatic carbocycles. The van der Waals surface area contributed by atoms with Crippen LogP contribution in [-0.2, 0) is 4.74 Å².